The number of carbonyl (C=O) groups is 1. The molecule has 2 atom stereocenters. The van der Waals surface area contributed by atoms with E-state index < -0.39 is 10.0 Å². The summed E-state index contributed by atoms with van der Waals surface area (Å²) in [5.74, 6) is -0.208. The second-order valence-corrected chi connectivity index (χ2v) is 9.05. The molecular weight excluding hydrogens is 376 g/mol. The zero-order chi connectivity index (χ0) is 20.5. The number of hydrogen-bond donors (Lipinski definition) is 1. The van der Waals surface area contributed by atoms with Gasteiger partial charge in [-0.3, -0.25) is 9.52 Å². The Morgan fingerprint density at radius 3 is 2.32 bits per heavy atom. The fraction of sp³-hybridized carbons (Fsp3) is 0.381. The van der Waals surface area contributed by atoms with Gasteiger partial charge in [0.15, 0.2) is 0 Å². The highest BCUT2D eigenvalue weighted by Crippen LogP contribution is 2.24. The van der Waals surface area contributed by atoms with E-state index in [0.29, 0.717) is 18.7 Å². The number of ether oxygens (including phenoxy) is 1. The van der Waals surface area contributed by atoms with Crippen molar-refractivity contribution >= 4 is 21.6 Å². The Bertz CT molecular complexity index is 978. The van der Waals surface area contributed by atoms with E-state index in [4.69, 9.17) is 4.74 Å². The van der Waals surface area contributed by atoms with Crippen LogP contribution < -0.4 is 4.72 Å². The largest absolute Gasteiger partial charge is 0.372 e. The molecule has 150 valence electrons. The van der Waals surface area contributed by atoms with Gasteiger partial charge in [0.1, 0.15) is 0 Å². The lowest BCUT2D eigenvalue weighted by Gasteiger charge is -2.35. The third-order valence-electron chi connectivity index (χ3n) is 4.90. The fourth-order valence-electron chi connectivity index (χ4n) is 3.36. The number of carbonyl (C=O) groups excluding carboxylic acids is 1. The summed E-state index contributed by atoms with van der Waals surface area (Å²) >= 11 is 0. The van der Waals surface area contributed by atoms with Crippen molar-refractivity contribution < 1.29 is 17.9 Å². The van der Waals surface area contributed by atoms with E-state index in [1.54, 1.807) is 47.4 Å². The maximum Gasteiger partial charge on any atom is 0.261 e. The van der Waals surface area contributed by atoms with Crippen LogP contribution in [0.5, 0.6) is 0 Å². The highest BCUT2D eigenvalue weighted by molar-refractivity contribution is 7.92. The molecular formula is C21H26N2O4S. The number of nitrogens with zero attached hydrogens (tertiary/aromatic N) is 1. The highest BCUT2D eigenvalue weighted by Gasteiger charge is 2.28. The van der Waals surface area contributed by atoms with Crippen molar-refractivity contribution in [3.05, 3.63) is 59.2 Å². The molecule has 1 aliphatic rings. The minimum Gasteiger partial charge on any atom is -0.372 e. The Hall–Kier alpha value is -2.38. The van der Waals surface area contributed by atoms with Crippen molar-refractivity contribution in [2.75, 3.05) is 17.8 Å². The summed E-state index contributed by atoms with van der Waals surface area (Å²) in [6, 6.07) is 11.7. The predicted octanol–water partition coefficient (Wildman–Crippen LogP) is 3.35. The van der Waals surface area contributed by atoms with Crippen LogP contribution in [0, 0.1) is 13.8 Å². The topological polar surface area (TPSA) is 75.7 Å². The Morgan fingerprint density at radius 1 is 1.04 bits per heavy atom. The van der Waals surface area contributed by atoms with E-state index in [-0.39, 0.29) is 28.7 Å². The number of para-hydroxylation sites is 1. The lowest BCUT2D eigenvalue weighted by atomic mass is 10.1. The highest BCUT2D eigenvalue weighted by atomic mass is 32.2. The number of rotatable bonds is 4. The maximum atomic E-state index is 13.1. The molecule has 1 aliphatic heterocycles. The van der Waals surface area contributed by atoms with Crippen LogP contribution in [0.1, 0.15) is 35.3 Å². The third-order valence-corrected chi connectivity index (χ3v) is 6.26. The van der Waals surface area contributed by atoms with Crippen LogP contribution in [0.25, 0.3) is 0 Å². The molecule has 7 heteroatoms. The number of anilines is 1. The number of amides is 1. The summed E-state index contributed by atoms with van der Waals surface area (Å²) < 4.78 is 34.0. The SMILES string of the molecule is Cc1ccc(S(=O)(=O)Nc2ccccc2C(=O)N2CC(C)OC(C)C2)cc1C. The van der Waals surface area contributed by atoms with E-state index in [9.17, 15) is 13.2 Å². The molecule has 0 aliphatic carbocycles. The third kappa shape index (κ3) is 4.36. The van der Waals surface area contributed by atoms with Crippen molar-refractivity contribution in [3.63, 3.8) is 0 Å². The van der Waals surface area contributed by atoms with Crippen molar-refractivity contribution in [1.29, 1.82) is 0 Å². The summed E-state index contributed by atoms with van der Waals surface area (Å²) in [5, 5.41) is 0. The molecule has 1 N–H and O–H groups in total. The van der Waals surface area contributed by atoms with Gasteiger partial charge in [-0.2, -0.15) is 0 Å². The summed E-state index contributed by atoms with van der Waals surface area (Å²) in [4.78, 5) is 15.0. The van der Waals surface area contributed by atoms with Gasteiger partial charge < -0.3 is 9.64 Å². The van der Waals surface area contributed by atoms with Gasteiger partial charge in [0.2, 0.25) is 0 Å². The zero-order valence-electron chi connectivity index (χ0n) is 16.6. The van der Waals surface area contributed by atoms with E-state index in [2.05, 4.69) is 4.72 Å². The smallest absolute Gasteiger partial charge is 0.261 e. The molecule has 28 heavy (non-hydrogen) atoms. The van der Waals surface area contributed by atoms with Crippen molar-refractivity contribution in [2.45, 2.75) is 44.8 Å². The Kier molecular flexibility index (Phi) is 5.76. The summed E-state index contributed by atoms with van der Waals surface area (Å²) in [6.07, 6.45) is -0.126. The first-order valence-corrected chi connectivity index (χ1v) is 10.8. The number of nitrogens with one attached hydrogen (secondary N) is 1. The van der Waals surface area contributed by atoms with Gasteiger partial charge in [-0.05, 0) is 63.1 Å². The lowest BCUT2D eigenvalue weighted by Crippen LogP contribution is -2.48. The van der Waals surface area contributed by atoms with Gasteiger partial charge >= 0.3 is 0 Å². The molecule has 0 bridgehead atoms. The zero-order valence-corrected chi connectivity index (χ0v) is 17.4. The second-order valence-electron chi connectivity index (χ2n) is 7.36. The van der Waals surface area contributed by atoms with Gasteiger partial charge in [-0.15, -0.1) is 0 Å². The van der Waals surface area contributed by atoms with Crippen molar-refractivity contribution in [2.24, 2.45) is 0 Å². The van der Waals surface area contributed by atoms with Gasteiger partial charge in [0.05, 0.1) is 28.4 Å². The molecule has 1 heterocycles. The predicted molar refractivity (Wildman–Crippen MR) is 109 cm³/mol. The molecule has 1 saturated heterocycles. The number of aryl methyl sites for hydroxylation is 2. The van der Waals surface area contributed by atoms with E-state index in [1.807, 2.05) is 27.7 Å². The number of morpholine rings is 1. The summed E-state index contributed by atoms with van der Waals surface area (Å²) in [5.41, 5.74) is 2.52. The molecule has 1 fully saturated rings. The normalized spacial score (nSPS) is 20.1. The fourth-order valence-corrected chi connectivity index (χ4v) is 4.52. The summed E-state index contributed by atoms with van der Waals surface area (Å²) in [7, 11) is -3.81. The monoisotopic (exact) mass is 402 g/mol. The average molecular weight is 403 g/mol. The minimum absolute atomic E-state index is 0.0629. The molecule has 3 rings (SSSR count). The average Bonchev–Trinajstić information content (AvgIpc) is 2.62. The van der Waals surface area contributed by atoms with Gasteiger partial charge in [-0.1, -0.05) is 18.2 Å². The number of sulfonamides is 1. The van der Waals surface area contributed by atoms with Gasteiger partial charge in [0.25, 0.3) is 15.9 Å². The van der Waals surface area contributed by atoms with Crippen LogP contribution in [0.15, 0.2) is 47.4 Å². The summed E-state index contributed by atoms with van der Waals surface area (Å²) in [6.45, 7) is 8.58. The Labute approximate surface area is 166 Å². The van der Waals surface area contributed by atoms with E-state index in [0.717, 1.165) is 11.1 Å². The standard InChI is InChI=1S/C21H26N2O4S/c1-14-9-10-18(11-15(14)2)28(25,26)22-20-8-6-5-7-19(20)21(24)23-12-16(3)27-17(4)13-23/h5-11,16-17,22H,12-13H2,1-4H3. The molecule has 0 aromatic heterocycles. The van der Waals surface area contributed by atoms with Crippen LogP contribution in [-0.4, -0.2) is 44.5 Å². The first-order chi connectivity index (χ1) is 13.2. The Balaban J connectivity index is 1.89. The lowest BCUT2D eigenvalue weighted by molar-refractivity contribution is -0.0585. The quantitative estimate of drug-likeness (QED) is 0.851. The molecule has 0 saturated carbocycles. The minimum atomic E-state index is -3.81. The molecule has 1 amide bonds. The number of hydrogen-bond acceptors (Lipinski definition) is 4. The van der Waals surface area contributed by atoms with Gasteiger partial charge in [0, 0.05) is 13.1 Å². The maximum absolute atomic E-state index is 13.1. The van der Waals surface area contributed by atoms with Crippen LogP contribution >= 0.6 is 0 Å². The second kappa shape index (κ2) is 7.93. The van der Waals surface area contributed by atoms with Crippen LogP contribution in [0.3, 0.4) is 0 Å². The van der Waals surface area contributed by atoms with Gasteiger partial charge in [-0.25, -0.2) is 8.42 Å². The van der Waals surface area contributed by atoms with Crippen LogP contribution in [-0.2, 0) is 14.8 Å². The van der Waals surface area contributed by atoms with Crippen LogP contribution in [0.4, 0.5) is 5.69 Å². The van der Waals surface area contributed by atoms with Crippen LogP contribution in [0.2, 0.25) is 0 Å². The molecule has 0 radical (unpaired) electrons. The molecule has 2 unspecified atom stereocenters. The van der Waals surface area contributed by atoms with E-state index in [1.165, 1.54) is 0 Å². The number of benzene rings is 2. The molecule has 2 aromatic carbocycles. The van der Waals surface area contributed by atoms with Crippen molar-refractivity contribution in [3.8, 4) is 0 Å². The van der Waals surface area contributed by atoms with Crippen molar-refractivity contribution in [1.82, 2.24) is 4.90 Å². The molecule has 6 nitrogen and oxygen atoms in total. The molecule has 2 aromatic rings. The first-order valence-electron chi connectivity index (χ1n) is 9.31. The Morgan fingerprint density at radius 2 is 1.68 bits per heavy atom. The van der Waals surface area contributed by atoms with E-state index >= 15 is 0 Å². The first kappa shape index (κ1) is 20.4. The molecule has 0 spiro atoms.